The van der Waals surface area contributed by atoms with Crippen LogP contribution in [0.2, 0.25) is 0 Å². The van der Waals surface area contributed by atoms with Gasteiger partial charge in [-0.2, -0.15) is 0 Å². The minimum absolute atomic E-state index is 0.402. The van der Waals surface area contributed by atoms with Crippen molar-refractivity contribution >= 4 is 5.96 Å². The van der Waals surface area contributed by atoms with Gasteiger partial charge in [0.05, 0.1) is 6.20 Å². The van der Waals surface area contributed by atoms with E-state index < -0.39 is 0 Å². The lowest BCUT2D eigenvalue weighted by Crippen LogP contribution is -2.38. The molecular formula is C21H30N4O2. The number of benzene rings is 1. The molecule has 0 saturated heterocycles. The van der Waals surface area contributed by atoms with E-state index in [1.165, 1.54) is 18.4 Å². The van der Waals surface area contributed by atoms with Crippen LogP contribution in [0.3, 0.4) is 0 Å². The number of hydrogen-bond acceptors (Lipinski definition) is 4. The minimum atomic E-state index is 0.402. The molecule has 1 aromatic heterocycles. The summed E-state index contributed by atoms with van der Waals surface area (Å²) in [7, 11) is 0. The molecule has 0 atom stereocenters. The van der Waals surface area contributed by atoms with Gasteiger partial charge in [0, 0.05) is 31.9 Å². The number of aryl methyl sites for hydroxylation is 1. The molecule has 146 valence electrons. The number of rotatable bonds is 10. The third-order valence-electron chi connectivity index (χ3n) is 4.41. The average Bonchev–Trinajstić information content (AvgIpc) is 3.38. The molecule has 0 spiro atoms. The number of oxazole rings is 1. The smallest absolute Gasteiger partial charge is 0.216 e. The van der Waals surface area contributed by atoms with Crippen molar-refractivity contribution in [2.24, 2.45) is 10.9 Å². The normalized spacial score (nSPS) is 14.4. The maximum Gasteiger partial charge on any atom is 0.216 e. The van der Waals surface area contributed by atoms with Gasteiger partial charge in [0.1, 0.15) is 6.54 Å². The number of nitrogens with one attached hydrogen (secondary N) is 2. The van der Waals surface area contributed by atoms with Gasteiger partial charge in [-0.3, -0.25) is 0 Å². The highest BCUT2D eigenvalue weighted by molar-refractivity contribution is 5.79. The molecule has 2 aromatic rings. The highest BCUT2D eigenvalue weighted by Gasteiger charge is 2.20. The zero-order chi connectivity index (χ0) is 18.9. The monoisotopic (exact) mass is 370 g/mol. The van der Waals surface area contributed by atoms with Crippen LogP contribution in [-0.4, -0.2) is 37.2 Å². The second-order valence-corrected chi connectivity index (χ2v) is 6.98. The van der Waals surface area contributed by atoms with Gasteiger partial charge < -0.3 is 19.8 Å². The zero-order valence-corrected chi connectivity index (χ0v) is 16.3. The van der Waals surface area contributed by atoms with Crippen molar-refractivity contribution in [1.29, 1.82) is 0 Å². The lowest BCUT2D eigenvalue weighted by atomic mass is 10.1. The van der Waals surface area contributed by atoms with E-state index in [-0.39, 0.29) is 0 Å². The van der Waals surface area contributed by atoms with Gasteiger partial charge in [-0.05, 0) is 39.0 Å². The van der Waals surface area contributed by atoms with E-state index in [2.05, 4.69) is 46.6 Å². The van der Waals surface area contributed by atoms with Crippen molar-refractivity contribution in [2.75, 3.05) is 26.3 Å². The van der Waals surface area contributed by atoms with E-state index >= 15 is 0 Å². The minimum Gasteiger partial charge on any atom is -0.439 e. The third kappa shape index (κ3) is 6.71. The van der Waals surface area contributed by atoms with Gasteiger partial charge in [-0.1, -0.05) is 29.8 Å². The van der Waals surface area contributed by atoms with Gasteiger partial charge in [-0.25, -0.2) is 9.98 Å². The van der Waals surface area contributed by atoms with Crippen LogP contribution in [0.5, 0.6) is 0 Å². The first-order valence-corrected chi connectivity index (χ1v) is 9.86. The molecule has 1 fully saturated rings. The van der Waals surface area contributed by atoms with Crippen molar-refractivity contribution in [3.8, 4) is 11.3 Å². The largest absolute Gasteiger partial charge is 0.439 e. The molecule has 1 aliphatic rings. The average molecular weight is 370 g/mol. The van der Waals surface area contributed by atoms with Crippen molar-refractivity contribution in [1.82, 2.24) is 15.6 Å². The Morgan fingerprint density at radius 3 is 2.81 bits per heavy atom. The number of nitrogens with zero attached hydrogens (tertiary/aromatic N) is 2. The second kappa shape index (κ2) is 10.1. The molecule has 27 heavy (non-hydrogen) atoms. The molecule has 1 aliphatic carbocycles. The summed E-state index contributed by atoms with van der Waals surface area (Å²) in [6.45, 7) is 7.87. The molecular weight excluding hydrogens is 340 g/mol. The number of ether oxygens (including phenoxy) is 1. The van der Waals surface area contributed by atoms with Gasteiger partial charge in [0.2, 0.25) is 5.89 Å². The summed E-state index contributed by atoms with van der Waals surface area (Å²) in [4.78, 5) is 8.90. The van der Waals surface area contributed by atoms with Crippen LogP contribution >= 0.6 is 0 Å². The molecule has 6 heteroatoms. The summed E-state index contributed by atoms with van der Waals surface area (Å²) >= 11 is 0. The number of aromatic nitrogens is 1. The first kappa shape index (κ1) is 19.4. The van der Waals surface area contributed by atoms with Crippen LogP contribution in [-0.2, 0) is 11.3 Å². The Kier molecular flexibility index (Phi) is 7.27. The van der Waals surface area contributed by atoms with E-state index in [0.29, 0.717) is 12.4 Å². The van der Waals surface area contributed by atoms with Crippen molar-refractivity contribution in [2.45, 2.75) is 39.7 Å². The molecule has 1 aromatic carbocycles. The topological polar surface area (TPSA) is 71.7 Å². The predicted molar refractivity (Wildman–Crippen MR) is 108 cm³/mol. The van der Waals surface area contributed by atoms with Gasteiger partial charge >= 0.3 is 0 Å². The number of guanidine groups is 1. The second-order valence-electron chi connectivity index (χ2n) is 6.98. The van der Waals surface area contributed by atoms with E-state index in [1.54, 1.807) is 6.20 Å². The SMILES string of the molecule is CCNC(=NCc1ncc(-c2ccc(C)cc2)o1)NCCCOCC1CC1. The lowest BCUT2D eigenvalue weighted by molar-refractivity contribution is 0.123. The van der Waals surface area contributed by atoms with Gasteiger partial charge in [0.25, 0.3) is 0 Å². The van der Waals surface area contributed by atoms with Crippen molar-refractivity contribution in [3.63, 3.8) is 0 Å². The molecule has 0 unspecified atom stereocenters. The quantitative estimate of drug-likeness (QED) is 0.380. The Labute approximate surface area is 161 Å². The summed E-state index contributed by atoms with van der Waals surface area (Å²) < 4.78 is 11.5. The Morgan fingerprint density at radius 1 is 1.26 bits per heavy atom. The standard InChI is InChI=1S/C21H30N4O2/c1-3-22-21(23-11-4-12-26-15-17-7-8-17)25-14-20-24-13-19(27-20)18-9-5-16(2)6-10-18/h5-6,9-10,13,17H,3-4,7-8,11-12,14-15H2,1-2H3,(H2,22,23,25). The van der Waals surface area contributed by atoms with Crippen LogP contribution < -0.4 is 10.6 Å². The number of hydrogen-bond donors (Lipinski definition) is 2. The molecule has 1 heterocycles. The summed E-state index contributed by atoms with van der Waals surface area (Å²) in [5.74, 6) is 2.97. The van der Waals surface area contributed by atoms with Crippen LogP contribution in [0.4, 0.5) is 0 Å². The maximum absolute atomic E-state index is 5.83. The number of aliphatic imine (C=N–C) groups is 1. The highest BCUT2D eigenvalue weighted by atomic mass is 16.5. The zero-order valence-electron chi connectivity index (χ0n) is 16.3. The van der Waals surface area contributed by atoms with E-state index in [4.69, 9.17) is 9.15 Å². The molecule has 0 radical (unpaired) electrons. The molecule has 3 rings (SSSR count). The fourth-order valence-electron chi connectivity index (χ4n) is 2.64. The summed E-state index contributed by atoms with van der Waals surface area (Å²) in [5, 5.41) is 6.57. The Morgan fingerprint density at radius 2 is 2.07 bits per heavy atom. The maximum atomic E-state index is 5.83. The van der Waals surface area contributed by atoms with Crippen molar-refractivity contribution < 1.29 is 9.15 Å². The molecule has 0 aliphatic heterocycles. The van der Waals surface area contributed by atoms with Gasteiger partial charge in [0.15, 0.2) is 11.7 Å². The van der Waals surface area contributed by atoms with Crippen LogP contribution in [0.1, 0.15) is 37.6 Å². The third-order valence-corrected chi connectivity index (χ3v) is 4.41. The lowest BCUT2D eigenvalue weighted by Gasteiger charge is -2.10. The fourth-order valence-corrected chi connectivity index (χ4v) is 2.64. The Balaban J connectivity index is 1.45. The molecule has 6 nitrogen and oxygen atoms in total. The van der Waals surface area contributed by atoms with Gasteiger partial charge in [-0.15, -0.1) is 0 Å². The van der Waals surface area contributed by atoms with E-state index in [1.807, 2.05) is 12.1 Å². The first-order chi connectivity index (χ1) is 13.2. The highest BCUT2D eigenvalue weighted by Crippen LogP contribution is 2.28. The van der Waals surface area contributed by atoms with Crippen LogP contribution in [0, 0.1) is 12.8 Å². The van der Waals surface area contributed by atoms with E-state index in [0.717, 1.165) is 55.9 Å². The van der Waals surface area contributed by atoms with Crippen LogP contribution in [0.15, 0.2) is 39.9 Å². The van der Waals surface area contributed by atoms with Crippen LogP contribution in [0.25, 0.3) is 11.3 Å². The molecule has 0 bridgehead atoms. The summed E-state index contributed by atoms with van der Waals surface area (Å²) in [5.41, 5.74) is 2.25. The summed E-state index contributed by atoms with van der Waals surface area (Å²) in [6.07, 6.45) is 5.39. The Bertz CT molecular complexity index is 720. The van der Waals surface area contributed by atoms with E-state index in [9.17, 15) is 0 Å². The molecule has 2 N–H and O–H groups in total. The summed E-state index contributed by atoms with van der Waals surface area (Å²) in [6, 6.07) is 8.22. The molecule has 0 amide bonds. The predicted octanol–water partition coefficient (Wildman–Crippen LogP) is 3.52. The first-order valence-electron chi connectivity index (χ1n) is 9.86. The molecule has 1 saturated carbocycles. The fraction of sp³-hybridized carbons (Fsp3) is 0.524. The Hall–Kier alpha value is -2.34. The van der Waals surface area contributed by atoms with Crippen molar-refractivity contribution in [3.05, 3.63) is 41.9 Å².